The Hall–Kier alpha value is -2.87. The van der Waals surface area contributed by atoms with Gasteiger partial charge in [0.2, 0.25) is 0 Å². The molecule has 1 saturated heterocycles. The minimum atomic E-state index is -0.357. The number of imidazole rings is 1. The molecule has 0 spiro atoms. The van der Waals surface area contributed by atoms with Gasteiger partial charge in [-0.2, -0.15) is 0 Å². The van der Waals surface area contributed by atoms with Gasteiger partial charge in [0.15, 0.2) is 11.2 Å². The van der Waals surface area contributed by atoms with E-state index in [1.807, 2.05) is 4.57 Å². The Bertz CT molecular complexity index is 1100. The van der Waals surface area contributed by atoms with E-state index < -0.39 is 0 Å². The zero-order valence-corrected chi connectivity index (χ0v) is 15.9. The van der Waals surface area contributed by atoms with Gasteiger partial charge in [-0.25, -0.2) is 9.78 Å². The van der Waals surface area contributed by atoms with E-state index in [1.165, 1.54) is 22.9 Å². The van der Waals surface area contributed by atoms with E-state index in [9.17, 15) is 9.59 Å². The topological polar surface area (TPSA) is 68.3 Å². The van der Waals surface area contributed by atoms with Gasteiger partial charge in [-0.05, 0) is 18.6 Å². The lowest BCUT2D eigenvalue weighted by Gasteiger charge is -2.36. The van der Waals surface area contributed by atoms with Crippen molar-refractivity contribution < 1.29 is 0 Å². The van der Waals surface area contributed by atoms with E-state index in [0.29, 0.717) is 17.8 Å². The van der Waals surface area contributed by atoms with Gasteiger partial charge in [0.05, 0.1) is 13.0 Å². The molecule has 0 bridgehead atoms. The highest BCUT2D eigenvalue weighted by Crippen LogP contribution is 2.21. The average Bonchev–Trinajstić information content (AvgIpc) is 3.09. The zero-order valence-electron chi connectivity index (χ0n) is 15.9. The molecule has 4 rings (SSSR count). The van der Waals surface area contributed by atoms with E-state index in [4.69, 9.17) is 0 Å². The summed E-state index contributed by atoms with van der Waals surface area (Å²) in [5.41, 5.74) is 2.82. The van der Waals surface area contributed by atoms with E-state index >= 15 is 0 Å². The predicted octanol–water partition coefficient (Wildman–Crippen LogP) is 0.522. The summed E-state index contributed by atoms with van der Waals surface area (Å²) in [6.45, 7) is 6.41. The molecule has 142 valence electrons. The lowest BCUT2D eigenvalue weighted by Crippen LogP contribution is -2.47. The molecule has 1 aliphatic heterocycles. The summed E-state index contributed by atoms with van der Waals surface area (Å²) < 4.78 is 4.40. The van der Waals surface area contributed by atoms with Gasteiger partial charge in [0.25, 0.3) is 5.56 Å². The summed E-state index contributed by atoms with van der Waals surface area (Å²) >= 11 is 0. The van der Waals surface area contributed by atoms with Crippen molar-refractivity contribution in [1.82, 2.24) is 23.6 Å². The first-order valence-corrected chi connectivity index (χ1v) is 9.11. The maximum atomic E-state index is 12.6. The molecule has 0 atom stereocenters. The minimum Gasteiger partial charge on any atom is -0.369 e. The number of fused-ring (bicyclic) bond motifs is 1. The molecule has 2 aromatic heterocycles. The monoisotopic (exact) mass is 368 g/mol. The van der Waals surface area contributed by atoms with Crippen LogP contribution in [0.1, 0.15) is 5.56 Å². The fourth-order valence-corrected chi connectivity index (χ4v) is 3.77. The fraction of sp³-hybridized carbons (Fsp3) is 0.421. The summed E-state index contributed by atoms with van der Waals surface area (Å²) in [5.74, 6) is 0. The van der Waals surface area contributed by atoms with Gasteiger partial charge in [-0.15, -0.1) is 0 Å². The van der Waals surface area contributed by atoms with Crippen LogP contribution in [0.3, 0.4) is 0 Å². The minimum absolute atomic E-state index is 0.302. The molecular weight excluding hydrogens is 344 g/mol. The van der Waals surface area contributed by atoms with Gasteiger partial charge < -0.3 is 9.47 Å². The number of para-hydroxylation sites is 1. The second-order valence-corrected chi connectivity index (χ2v) is 7.13. The van der Waals surface area contributed by atoms with Gasteiger partial charge in [0.1, 0.15) is 0 Å². The quantitative estimate of drug-likeness (QED) is 0.674. The molecule has 0 unspecified atom stereocenters. The molecule has 1 aromatic carbocycles. The van der Waals surface area contributed by atoms with Crippen LogP contribution in [0.4, 0.5) is 5.69 Å². The van der Waals surface area contributed by atoms with Crippen LogP contribution in [0.2, 0.25) is 0 Å². The molecule has 1 fully saturated rings. The molecule has 8 heteroatoms. The third-order valence-electron chi connectivity index (χ3n) is 5.40. The molecule has 0 amide bonds. The molecule has 0 aliphatic carbocycles. The number of benzene rings is 1. The largest absolute Gasteiger partial charge is 0.369 e. The second kappa shape index (κ2) is 6.70. The summed E-state index contributed by atoms with van der Waals surface area (Å²) in [6.07, 6.45) is 1.65. The zero-order chi connectivity index (χ0) is 19.1. The number of nitrogens with zero attached hydrogens (tertiary/aromatic N) is 6. The molecule has 0 radical (unpaired) electrons. The third-order valence-corrected chi connectivity index (χ3v) is 5.40. The van der Waals surface area contributed by atoms with Crippen molar-refractivity contribution in [3.8, 4) is 0 Å². The highest BCUT2D eigenvalue weighted by molar-refractivity contribution is 5.69. The molecule has 0 N–H and O–H groups in total. The van der Waals surface area contributed by atoms with Crippen molar-refractivity contribution in [2.45, 2.75) is 13.6 Å². The Labute approximate surface area is 156 Å². The van der Waals surface area contributed by atoms with Crippen molar-refractivity contribution in [2.75, 3.05) is 31.1 Å². The fourth-order valence-electron chi connectivity index (χ4n) is 3.77. The maximum Gasteiger partial charge on any atom is 0.332 e. The predicted molar refractivity (Wildman–Crippen MR) is 105 cm³/mol. The third kappa shape index (κ3) is 2.95. The van der Waals surface area contributed by atoms with Gasteiger partial charge in [-0.1, -0.05) is 18.2 Å². The van der Waals surface area contributed by atoms with Crippen LogP contribution in [-0.2, 0) is 20.8 Å². The summed E-state index contributed by atoms with van der Waals surface area (Å²) in [4.78, 5) is 33.6. The number of hydrogen-bond acceptors (Lipinski definition) is 5. The van der Waals surface area contributed by atoms with Crippen LogP contribution in [0.5, 0.6) is 0 Å². The number of piperazine rings is 1. The Kier molecular flexibility index (Phi) is 4.35. The molecule has 3 heterocycles. The Morgan fingerprint density at radius 3 is 2.41 bits per heavy atom. The standard InChI is InChI=1S/C19H24N6O2/c1-14-6-4-5-7-15(14)24-10-8-23(9-11-24)13-25-12-20-17-16(25)18(26)22(3)19(27)21(17)2/h4-7,12H,8-11,13H2,1-3H3. The lowest BCUT2D eigenvalue weighted by molar-refractivity contribution is 0.208. The Morgan fingerprint density at radius 2 is 1.70 bits per heavy atom. The average molecular weight is 368 g/mol. The molecule has 3 aromatic rings. The number of aryl methyl sites for hydroxylation is 2. The van der Waals surface area contributed by atoms with Crippen LogP contribution in [-0.4, -0.2) is 49.8 Å². The molecule has 8 nitrogen and oxygen atoms in total. The van der Waals surface area contributed by atoms with E-state index in [-0.39, 0.29) is 11.2 Å². The number of rotatable bonds is 3. The maximum absolute atomic E-state index is 12.6. The van der Waals surface area contributed by atoms with Crippen molar-refractivity contribution in [3.63, 3.8) is 0 Å². The van der Waals surface area contributed by atoms with E-state index in [2.05, 4.69) is 46.0 Å². The first-order valence-electron chi connectivity index (χ1n) is 9.11. The van der Waals surface area contributed by atoms with Crippen molar-refractivity contribution in [1.29, 1.82) is 0 Å². The van der Waals surface area contributed by atoms with Gasteiger partial charge in [0, 0.05) is 46.0 Å². The van der Waals surface area contributed by atoms with Gasteiger partial charge >= 0.3 is 5.69 Å². The van der Waals surface area contributed by atoms with E-state index in [1.54, 1.807) is 13.4 Å². The second-order valence-electron chi connectivity index (χ2n) is 7.13. The first kappa shape index (κ1) is 17.5. The normalized spacial score (nSPS) is 15.6. The number of anilines is 1. The summed E-state index contributed by atoms with van der Waals surface area (Å²) in [6, 6.07) is 8.44. The highest BCUT2D eigenvalue weighted by Gasteiger charge is 2.20. The number of hydrogen-bond donors (Lipinski definition) is 0. The van der Waals surface area contributed by atoms with Crippen LogP contribution >= 0.6 is 0 Å². The Balaban J connectivity index is 1.54. The highest BCUT2D eigenvalue weighted by atomic mass is 16.2. The number of aromatic nitrogens is 4. The van der Waals surface area contributed by atoms with Crippen LogP contribution in [0.15, 0.2) is 40.2 Å². The molecular formula is C19H24N6O2. The van der Waals surface area contributed by atoms with E-state index in [0.717, 1.165) is 30.7 Å². The molecule has 27 heavy (non-hydrogen) atoms. The van der Waals surface area contributed by atoms with Crippen LogP contribution in [0.25, 0.3) is 11.2 Å². The Morgan fingerprint density at radius 1 is 1.00 bits per heavy atom. The van der Waals surface area contributed by atoms with Gasteiger partial charge in [-0.3, -0.25) is 18.8 Å². The molecule has 0 saturated carbocycles. The van der Waals surface area contributed by atoms with Crippen LogP contribution in [0, 0.1) is 6.92 Å². The van der Waals surface area contributed by atoms with Crippen molar-refractivity contribution in [2.24, 2.45) is 14.1 Å². The first-order chi connectivity index (χ1) is 13.0. The SMILES string of the molecule is Cc1ccccc1N1CCN(Cn2cnc3c2c(=O)n(C)c(=O)n3C)CC1. The summed E-state index contributed by atoms with van der Waals surface area (Å²) in [5, 5.41) is 0. The summed E-state index contributed by atoms with van der Waals surface area (Å²) in [7, 11) is 3.14. The molecule has 1 aliphatic rings. The van der Waals surface area contributed by atoms with Crippen molar-refractivity contribution in [3.05, 3.63) is 57.0 Å². The van der Waals surface area contributed by atoms with Crippen LogP contribution < -0.4 is 16.1 Å². The smallest absolute Gasteiger partial charge is 0.332 e. The lowest BCUT2D eigenvalue weighted by atomic mass is 10.1. The van der Waals surface area contributed by atoms with Crippen molar-refractivity contribution >= 4 is 16.9 Å².